The Morgan fingerprint density at radius 1 is 0.591 bits per heavy atom. The highest BCUT2D eigenvalue weighted by Crippen LogP contribution is 2.24. The van der Waals surface area contributed by atoms with Crippen molar-refractivity contribution in [2.75, 3.05) is 11.5 Å². The Kier molecular flexibility index (Phi) is 4.29. The van der Waals surface area contributed by atoms with E-state index in [1.54, 1.807) is 0 Å². The highest BCUT2D eigenvalue weighted by atomic mass is 14.5. The van der Waals surface area contributed by atoms with Gasteiger partial charge in [0.05, 0.1) is 0 Å². The Morgan fingerprint density at radius 2 is 0.955 bits per heavy atom. The second-order valence-electron chi connectivity index (χ2n) is 5.99. The van der Waals surface area contributed by atoms with Crippen molar-refractivity contribution in [2.45, 2.75) is 25.7 Å². The summed E-state index contributed by atoms with van der Waals surface area (Å²) in [5, 5.41) is 0. The molecule has 2 nitrogen and oxygen atoms in total. The van der Waals surface area contributed by atoms with Gasteiger partial charge in [0.15, 0.2) is 0 Å². The van der Waals surface area contributed by atoms with Gasteiger partial charge in [-0.15, -0.1) is 0 Å². The van der Waals surface area contributed by atoms with Crippen LogP contribution in [0.15, 0.2) is 71.8 Å². The Morgan fingerprint density at radius 3 is 1.27 bits per heavy atom. The maximum atomic E-state index is 5.73. The number of benzene rings is 2. The second kappa shape index (κ2) is 6.52. The van der Waals surface area contributed by atoms with Gasteiger partial charge in [-0.25, -0.2) is 0 Å². The van der Waals surface area contributed by atoms with Gasteiger partial charge in [-0.1, -0.05) is 47.6 Å². The first-order chi connectivity index (χ1) is 10.7. The van der Waals surface area contributed by atoms with Crippen LogP contribution in [0.5, 0.6) is 0 Å². The number of nitrogen functional groups attached to an aromatic ring is 2. The van der Waals surface area contributed by atoms with Gasteiger partial charge in [0.1, 0.15) is 0 Å². The van der Waals surface area contributed by atoms with Crippen molar-refractivity contribution in [3.8, 4) is 0 Å². The van der Waals surface area contributed by atoms with Crippen LogP contribution in [0.1, 0.15) is 24.0 Å². The molecule has 3 rings (SSSR count). The zero-order valence-corrected chi connectivity index (χ0v) is 12.8. The fourth-order valence-corrected chi connectivity index (χ4v) is 2.81. The van der Waals surface area contributed by atoms with E-state index in [9.17, 15) is 0 Å². The van der Waals surface area contributed by atoms with Crippen molar-refractivity contribution in [2.24, 2.45) is 0 Å². The lowest BCUT2D eigenvalue weighted by atomic mass is 9.91. The Hall–Kier alpha value is -2.48. The number of hydrogen-bond donors (Lipinski definition) is 2. The van der Waals surface area contributed by atoms with E-state index in [1.807, 2.05) is 24.3 Å². The van der Waals surface area contributed by atoms with Gasteiger partial charge >= 0.3 is 0 Å². The van der Waals surface area contributed by atoms with Crippen LogP contribution in [0.4, 0.5) is 11.4 Å². The predicted molar refractivity (Wildman–Crippen MR) is 94.5 cm³/mol. The van der Waals surface area contributed by atoms with Crippen molar-refractivity contribution in [3.63, 3.8) is 0 Å². The summed E-state index contributed by atoms with van der Waals surface area (Å²) in [5.41, 5.74) is 18.8. The smallest absolute Gasteiger partial charge is 0.0314 e. The second-order valence-corrected chi connectivity index (χ2v) is 5.99. The summed E-state index contributed by atoms with van der Waals surface area (Å²) in [5.74, 6) is 0. The van der Waals surface area contributed by atoms with Crippen LogP contribution < -0.4 is 11.5 Å². The lowest BCUT2D eigenvalue weighted by Gasteiger charge is -2.15. The van der Waals surface area contributed by atoms with Crippen molar-refractivity contribution in [1.29, 1.82) is 0 Å². The highest BCUT2D eigenvalue weighted by Gasteiger charge is 2.08. The first-order valence-electron chi connectivity index (χ1n) is 7.75. The summed E-state index contributed by atoms with van der Waals surface area (Å²) >= 11 is 0. The zero-order valence-electron chi connectivity index (χ0n) is 12.8. The van der Waals surface area contributed by atoms with E-state index in [1.165, 1.54) is 22.3 Å². The molecule has 0 amide bonds. The molecule has 0 fully saturated rings. The third-order valence-electron chi connectivity index (χ3n) is 4.14. The summed E-state index contributed by atoms with van der Waals surface area (Å²) in [7, 11) is 0. The summed E-state index contributed by atoms with van der Waals surface area (Å²) in [6, 6.07) is 16.4. The molecule has 4 N–H and O–H groups in total. The van der Waals surface area contributed by atoms with Gasteiger partial charge in [-0.3, -0.25) is 0 Å². The molecule has 112 valence electrons. The molecule has 2 aromatic carbocycles. The third kappa shape index (κ3) is 3.79. The van der Waals surface area contributed by atoms with E-state index in [0.717, 1.165) is 37.1 Å². The summed E-state index contributed by atoms with van der Waals surface area (Å²) in [4.78, 5) is 0. The number of nitrogens with two attached hydrogens (primary N) is 2. The Bertz CT molecular complexity index is 628. The van der Waals surface area contributed by atoms with Crippen LogP contribution in [-0.2, 0) is 12.8 Å². The van der Waals surface area contributed by atoms with Crippen molar-refractivity contribution in [3.05, 3.63) is 83.0 Å². The van der Waals surface area contributed by atoms with Gasteiger partial charge in [-0.2, -0.15) is 0 Å². The monoisotopic (exact) mass is 290 g/mol. The fraction of sp³-hybridized carbons (Fsp3) is 0.200. The molecule has 0 atom stereocenters. The molecule has 0 bridgehead atoms. The molecule has 2 heteroatoms. The molecule has 0 spiro atoms. The van der Waals surface area contributed by atoms with Gasteiger partial charge in [0.25, 0.3) is 0 Å². The topological polar surface area (TPSA) is 52.0 Å². The molecule has 0 saturated heterocycles. The lowest BCUT2D eigenvalue weighted by Crippen LogP contribution is -2.00. The molecule has 0 aliphatic heterocycles. The average molecular weight is 290 g/mol. The molecule has 1 aliphatic rings. The maximum Gasteiger partial charge on any atom is 0.0314 e. The normalized spacial score (nSPS) is 14.4. The van der Waals surface area contributed by atoms with Crippen LogP contribution in [-0.4, -0.2) is 0 Å². The summed E-state index contributed by atoms with van der Waals surface area (Å²) in [6.45, 7) is 0. The first kappa shape index (κ1) is 14.5. The lowest BCUT2D eigenvalue weighted by molar-refractivity contribution is 0.842. The molecule has 22 heavy (non-hydrogen) atoms. The third-order valence-corrected chi connectivity index (χ3v) is 4.14. The number of hydrogen-bond acceptors (Lipinski definition) is 2. The largest absolute Gasteiger partial charge is 0.399 e. The molecular weight excluding hydrogens is 268 g/mol. The van der Waals surface area contributed by atoms with Gasteiger partial charge in [0.2, 0.25) is 0 Å². The van der Waals surface area contributed by atoms with E-state index >= 15 is 0 Å². The van der Waals surface area contributed by atoms with Gasteiger partial charge < -0.3 is 11.5 Å². The molecule has 0 radical (unpaired) electrons. The minimum absolute atomic E-state index is 0.826. The molecule has 0 saturated carbocycles. The Labute approximate surface area is 132 Å². The first-order valence-corrected chi connectivity index (χ1v) is 7.75. The highest BCUT2D eigenvalue weighted by molar-refractivity contribution is 5.42. The van der Waals surface area contributed by atoms with Crippen LogP contribution >= 0.6 is 0 Å². The van der Waals surface area contributed by atoms with E-state index in [-0.39, 0.29) is 0 Å². The van der Waals surface area contributed by atoms with E-state index in [0.29, 0.717) is 0 Å². The zero-order chi connectivity index (χ0) is 15.4. The minimum atomic E-state index is 0.826. The van der Waals surface area contributed by atoms with E-state index in [2.05, 4.69) is 36.4 Å². The number of rotatable bonds is 4. The van der Waals surface area contributed by atoms with Crippen LogP contribution in [0, 0.1) is 0 Å². The Balaban J connectivity index is 1.63. The molecular formula is C20H22N2. The fourth-order valence-electron chi connectivity index (χ4n) is 2.81. The number of anilines is 2. The van der Waals surface area contributed by atoms with Crippen LogP contribution in [0.25, 0.3) is 0 Å². The molecule has 0 aromatic heterocycles. The molecule has 2 aromatic rings. The number of allylic oxidation sites excluding steroid dienone is 4. The summed E-state index contributed by atoms with van der Waals surface area (Å²) in [6.07, 6.45) is 8.90. The van der Waals surface area contributed by atoms with Gasteiger partial charge in [0, 0.05) is 11.4 Å². The van der Waals surface area contributed by atoms with Gasteiger partial charge in [-0.05, 0) is 61.1 Å². The predicted octanol–water partition coefficient (Wildman–Crippen LogP) is 4.28. The minimum Gasteiger partial charge on any atom is -0.399 e. The molecule has 0 unspecified atom stereocenters. The quantitative estimate of drug-likeness (QED) is 0.826. The molecule has 0 heterocycles. The van der Waals surface area contributed by atoms with Crippen LogP contribution in [0.3, 0.4) is 0 Å². The van der Waals surface area contributed by atoms with Crippen molar-refractivity contribution in [1.82, 2.24) is 0 Å². The average Bonchev–Trinajstić information content (AvgIpc) is 2.54. The van der Waals surface area contributed by atoms with Crippen molar-refractivity contribution >= 4 is 11.4 Å². The van der Waals surface area contributed by atoms with Crippen LogP contribution in [0.2, 0.25) is 0 Å². The molecule has 1 aliphatic carbocycles. The van der Waals surface area contributed by atoms with Crippen molar-refractivity contribution < 1.29 is 0 Å². The maximum absolute atomic E-state index is 5.73. The van der Waals surface area contributed by atoms with E-state index in [4.69, 9.17) is 11.5 Å². The SMILES string of the molecule is Nc1ccc(CC2=CC=C(Cc3ccc(N)cc3)CC2)cc1. The standard InChI is InChI=1S/C20H22N2/c21-19-9-5-17(6-10-19)13-15-1-2-16(4-3-15)14-18-7-11-20(22)12-8-18/h1-2,5-12H,3-4,13-14,21-22H2. The summed E-state index contributed by atoms with van der Waals surface area (Å²) < 4.78 is 0. The van der Waals surface area contributed by atoms with E-state index < -0.39 is 0 Å².